The molecule has 0 unspecified atom stereocenters. The van der Waals surface area contributed by atoms with Crippen molar-refractivity contribution in [3.63, 3.8) is 0 Å². The summed E-state index contributed by atoms with van der Waals surface area (Å²) >= 11 is 0. The predicted octanol–water partition coefficient (Wildman–Crippen LogP) is 2.29. The molecule has 0 aliphatic heterocycles. The molecule has 7 nitrogen and oxygen atoms in total. The average Bonchev–Trinajstić information content (AvgIpc) is 2.70. The van der Waals surface area contributed by atoms with Gasteiger partial charge in [0.1, 0.15) is 11.5 Å². The van der Waals surface area contributed by atoms with E-state index in [0.717, 1.165) is 0 Å². The summed E-state index contributed by atoms with van der Waals surface area (Å²) in [7, 11) is 2.95. The second-order valence-corrected chi connectivity index (χ2v) is 5.15. The number of Topliss-reactive ketones (excluding diaryl/α,β-unsaturated/α-hetero) is 1. The number of benzene rings is 2. The van der Waals surface area contributed by atoms with Gasteiger partial charge >= 0.3 is 11.9 Å². The Morgan fingerprint density at radius 1 is 0.731 bits per heavy atom. The molecular formula is C19H18O7. The lowest BCUT2D eigenvalue weighted by Gasteiger charge is -2.07. The van der Waals surface area contributed by atoms with E-state index in [-0.39, 0.29) is 11.1 Å². The SMILES string of the molecule is COc1cccc(C(=O)OCC(=O)COC(=O)c2cccc(OC)c2)c1. The molecule has 0 aliphatic rings. The van der Waals surface area contributed by atoms with Crippen LogP contribution in [-0.2, 0) is 14.3 Å². The number of ketones is 1. The van der Waals surface area contributed by atoms with Gasteiger partial charge in [0.05, 0.1) is 25.3 Å². The van der Waals surface area contributed by atoms with Crippen LogP contribution < -0.4 is 9.47 Å². The minimum Gasteiger partial charge on any atom is -0.497 e. The summed E-state index contributed by atoms with van der Waals surface area (Å²) in [5.41, 5.74) is 0.510. The summed E-state index contributed by atoms with van der Waals surface area (Å²) < 4.78 is 19.8. The van der Waals surface area contributed by atoms with Crippen LogP contribution in [0, 0.1) is 0 Å². The lowest BCUT2D eigenvalue weighted by molar-refractivity contribution is -0.125. The molecule has 2 aromatic rings. The van der Waals surface area contributed by atoms with Crippen LogP contribution in [0.3, 0.4) is 0 Å². The molecule has 0 aromatic heterocycles. The molecular weight excluding hydrogens is 340 g/mol. The third-order valence-electron chi connectivity index (χ3n) is 3.34. The van der Waals surface area contributed by atoms with Crippen molar-refractivity contribution in [1.82, 2.24) is 0 Å². The van der Waals surface area contributed by atoms with Crippen LogP contribution in [0.5, 0.6) is 11.5 Å². The normalized spacial score (nSPS) is 9.92. The molecule has 2 aromatic carbocycles. The first-order chi connectivity index (χ1) is 12.5. The van der Waals surface area contributed by atoms with E-state index < -0.39 is 30.9 Å². The van der Waals surface area contributed by atoms with Gasteiger partial charge in [-0.25, -0.2) is 9.59 Å². The quantitative estimate of drug-likeness (QED) is 0.669. The van der Waals surface area contributed by atoms with E-state index in [9.17, 15) is 14.4 Å². The van der Waals surface area contributed by atoms with Gasteiger partial charge in [0.15, 0.2) is 13.2 Å². The maximum absolute atomic E-state index is 11.9. The summed E-state index contributed by atoms with van der Waals surface area (Å²) in [6.07, 6.45) is 0. The van der Waals surface area contributed by atoms with E-state index in [1.54, 1.807) is 24.3 Å². The number of hydrogen-bond donors (Lipinski definition) is 0. The molecule has 0 N–H and O–H groups in total. The van der Waals surface area contributed by atoms with Gasteiger partial charge in [0.2, 0.25) is 5.78 Å². The van der Waals surface area contributed by atoms with E-state index in [0.29, 0.717) is 11.5 Å². The van der Waals surface area contributed by atoms with Crippen molar-refractivity contribution < 1.29 is 33.3 Å². The zero-order chi connectivity index (χ0) is 18.9. The van der Waals surface area contributed by atoms with E-state index in [1.165, 1.54) is 38.5 Å². The Hall–Kier alpha value is -3.35. The van der Waals surface area contributed by atoms with Crippen molar-refractivity contribution in [1.29, 1.82) is 0 Å². The monoisotopic (exact) mass is 358 g/mol. The fourth-order valence-electron chi connectivity index (χ4n) is 2.00. The minimum atomic E-state index is -0.670. The number of methoxy groups -OCH3 is 2. The van der Waals surface area contributed by atoms with Gasteiger partial charge < -0.3 is 18.9 Å². The molecule has 2 rings (SSSR count). The Morgan fingerprint density at radius 3 is 1.54 bits per heavy atom. The number of carbonyl (C=O) groups excluding carboxylic acids is 3. The largest absolute Gasteiger partial charge is 0.497 e. The Labute approximate surface area is 150 Å². The lowest BCUT2D eigenvalue weighted by atomic mass is 10.2. The maximum Gasteiger partial charge on any atom is 0.338 e. The molecule has 0 bridgehead atoms. The first-order valence-corrected chi connectivity index (χ1v) is 7.67. The Kier molecular flexibility index (Phi) is 6.73. The van der Waals surface area contributed by atoms with Crippen molar-refractivity contribution in [3.05, 3.63) is 59.7 Å². The maximum atomic E-state index is 11.9. The topological polar surface area (TPSA) is 88.1 Å². The number of carbonyl (C=O) groups is 3. The Bertz CT molecular complexity index is 732. The van der Waals surface area contributed by atoms with Gasteiger partial charge in [-0.05, 0) is 36.4 Å². The highest BCUT2D eigenvalue weighted by Gasteiger charge is 2.14. The number of esters is 2. The van der Waals surface area contributed by atoms with Crippen LogP contribution in [0.25, 0.3) is 0 Å². The third-order valence-corrected chi connectivity index (χ3v) is 3.34. The molecule has 0 radical (unpaired) electrons. The van der Waals surface area contributed by atoms with E-state index in [4.69, 9.17) is 18.9 Å². The molecule has 0 fully saturated rings. The fourth-order valence-corrected chi connectivity index (χ4v) is 2.00. The summed E-state index contributed by atoms with van der Waals surface area (Å²) in [5, 5.41) is 0. The van der Waals surface area contributed by atoms with Crippen LogP contribution in [0.15, 0.2) is 48.5 Å². The predicted molar refractivity (Wildman–Crippen MR) is 91.6 cm³/mol. The molecule has 26 heavy (non-hydrogen) atoms. The molecule has 136 valence electrons. The molecule has 0 saturated heterocycles. The van der Waals surface area contributed by atoms with Crippen molar-refractivity contribution in [3.8, 4) is 11.5 Å². The van der Waals surface area contributed by atoms with Gasteiger partial charge in [-0.2, -0.15) is 0 Å². The molecule has 0 spiro atoms. The fraction of sp³-hybridized carbons (Fsp3) is 0.211. The van der Waals surface area contributed by atoms with Gasteiger partial charge in [-0.15, -0.1) is 0 Å². The van der Waals surface area contributed by atoms with Crippen LogP contribution in [0.4, 0.5) is 0 Å². The summed E-state index contributed by atoms with van der Waals surface area (Å²) in [6, 6.07) is 12.7. The van der Waals surface area contributed by atoms with Crippen LogP contribution in [0.2, 0.25) is 0 Å². The zero-order valence-electron chi connectivity index (χ0n) is 14.4. The first-order valence-electron chi connectivity index (χ1n) is 7.67. The number of rotatable bonds is 8. The minimum absolute atomic E-state index is 0.255. The number of hydrogen-bond acceptors (Lipinski definition) is 7. The summed E-state index contributed by atoms with van der Waals surface area (Å²) in [4.78, 5) is 35.5. The van der Waals surface area contributed by atoms with E-state index in [1.807, 2.05) is 0 Å². The Morgan fingerprint density at radius 2 is 1.15 bits per heavy atom. The first kappa shape index (κ1) is 19.0. The highest BCUT2D eigenvalue weighted by atomic mass is 16.6. The smallest absolute Gasteiger partial charge is 0.338 e. The van der Waals surface area contributed by atoms with Gasteiger partial charge in [-0.3, -0.25) is 4.79 Å². The summed E-state index contributed by atoms with van der Waals surface area (Å²) in [5.74, 6) is -0.888. The third kappa shape index (κ3) is 5.34. The van der Waals surface area contributed by atoms with Gasteiger partial charge in [0.25, 0.3) is 0 Å². The van der Waals surface area contributed by atoms with Gasteiger partial charge in [-0.1, -0.05) is 12.1 Å². The zero-order valence-corrected chi connectivity index (χ0v) is 14.4. The molecule has 0 saturated carbocycles. The standard InChI is InChI=1S/C19H18O7/c1-23-16-7-3-5-13(9-16)18(21)25-11-15(20)12-26-19(22)14-6-4-8-17(10-14)24-2/h3-10H,11-12H2,1-2H3. The van der Waals surface area contributed by atoms with E-state index >= 15 is 0 Å². The van der Waals surface area contributed by atoms with Crippen LogP contribution in [0.1, 0.15) is 20.7 Å². The molecule has 0 heterocycles. The van der Waals surface area contributed by atoms with Crippen molar-refractivity contribution in [2.75, 3.05) is 27.4 Å². The van der Waals surface area contributed by atoms with Crippen molar-refractivity contribution in [2.45, 2.75) is 0 Å². The second-order valence-electron chi connectivity index (χ2n) is 5.15. The van der Waals surface area contributed by atoms with Crippen molar-refractivity contribution in [2.24, 2.45) is 0 Å². The Balaban J connectivity index is 1.81. The molecule has 0 aliphatic carbocycles. The van der Waals surface area contributed by atoms with Crippen LogP contribution >= 0.6 is 0 Å². The molecule has 7 heteroatoms. The highest BCUT2D eigenvalue weighted by Crippen LogP contribution is 2.14. The average molecular weight is 358 g/mol. The van der Waals surface area contributed by atoms with E-state index in [2.05, 4.69) is 0 Å². The van der Waals surface area contributed by atoms with Crippen LogP contribution in [-0.4, -0.2) is 45.2 Å². The lowest BCUT2D eigenvalue weighted by Crippen LogP contribution is -2.20. The van der Waals surface area contributed by atoms with Gasteiger partial charge in [0, 0.05) is 0 Å². The number of ether oxygens (including phenoxy) is 4. The molecule has 0 atom stereocenters. The highest BCUT2D eigenvalue weighted by molar-refractivity contribution is 5.94. The summed E-state index contributed by atoms with van der Waals surface area (Å²) in [6.45, 7) is -0.997. The molecule has 0 amide bonds. The second kappa shape index (κ2) is 9.22. The van der Waals surface area contributed by atoms with Crippen molar-refractivity contribution >= 4 is 17.7 Å².